The maximum absolute atomic E-state index is 12.6. The summed E-state index contributed by atoms with van der Waals surface area (Å²) in [7, 11) is 0. The first-order valence-electron chi connectivity index (χ1n) is 8.72. The molecule has 1 aromatic carbocycles. The molecule has 29 heavy (non-hydrogen) atoms. The van der Waals surface area contributed by atoms with E-state index in [9.17, 15) is 19.2 Å². The molecule has 1 aromatic rings. The highest BCUT2D eigenvalue weighted by Gasteiger charge is 2.53. The quantitative estimate of drug-likeness (QED) is 0.346. The molecule has 0 aliphatic carbocycles. The molecule has 1 fully saturated rings. The molecule has 10 heteroatoms. The summed E-state index contributed by atoms with van der Waals surface area (Å²) >= 11 is 3.25. The third-order valence-electron chi connectivity index (χ3n) is 3.88. The Morgan fingerprint density at radius 2 is 1.38 bits per heavy atom. The van der Waals surface area contributed by atoms with Gasteiger partial charge in [-0.15, -0.1) is 0 Å². The molecular weight excluding hydrogens is 452 g/mol. The van der Waals surface area contributed by atoms with Crippen LogP contribution in [0.25, 0.3) is 0 Å². The average Bonchev–Trinajstić information content (AvgIpc) is 2.65. The molecule has 158 valence electrons. The smallest absolute Gasteiger partial charge is 0.338 e. The molecule has 1 aliphatic heterocycles. The van der Waals surface area contributed by atoms with Gasteiger partial charge in [-0.05, 0) is 12.1 Å². The Kier molecular flexibility index (Phi) is 8.15. The Balaban J connectivity index is 2.38. The summed E-state index contributed by atoms with van der Waals surface area (Å²) in [5.74, 6) is -2.81. The highest BCUT2D eigenvalue weighted by Crippen LogP contribution is 2.31. The van der Waals surface area contributed by atoms with Gasteiger partial charge in [-0.1, -0.05) is 34.1 Å². The van der Waals surface area contributed by atoms with Crippen LogP contribution in [0.4, 0.5) is 0 Å². The van der Waals surface area contributed by atoms with Gasteiger partial charge in [-0.25, -0.2) is 4.79 Å². The van der Waals surface area contributed by atoms with Crippen LogP contribution >= 0.6 is 15.9 Å². The minimum atomic E-state index is -1.35. The molecule has 1 heterocycles. The van der Waals surface area contributed by atoms with Crippen molar-refractivity contribution in [2.75, 3.05) is 5.33 Å². The minimum Gasteiger partial charge on any atom is -0.454 e. The first-order valence-corrected chi connectivity index (χ1v) is 9.84. The van der Waals surface area contributed by atoms with Gasteiger partial charge in [-0.3, -0.25) is 14.4 Å². The zero-order valence-electron chi connectivity index (χ0n) is 16.0. The number of esters is 4. The molecule has 9 nitrogen and oxygen atoms in total. The van der Waals surface area contributed by atoms with Crippen LogP contribution in [-0.4, -0.2) is 59.9 Å². The molecule has 0 radical (unpaired) electrons. The van der Waals surface area contributed by atoms with Crippen molar-refractivity contribution in [2.45, 2.75) is 51.5 Å². The molecule has 0 unspecified atom stereocenters. The third kappa shape index (κ3) is 6.26. The number of alkyl halides is 1. The number of hydrogen-bond acceptors (Lipinski definition) is 9. The lowest BCUT2D eigenvalue weighted by Gasteiger charge is -2.43. The van der Waals surface area contributed by atoms with Gasteiger partial charge in [0, 0.05) is 26.1 Å². The van der Waals surface area contributed by atoms with Crippen molar-refractivity contribution in [3.8, 4) is 0 Å². The third-order valence-corrected chi connectivity index (χ3v) is 4.52. The summed E-state index contributed by atoms with van der Waals surface area (Å²) < 4.78 is 26.9. The van der Waals surface area contributed by atoms with Gasteiger partial charge in [0.2, 0.25) is 12.4 Å². The van der Waals surface area contributed by atoms with Crippen LogP contribution in [0.2, 0.25) is 0 Å². The summed E-state index contributed by atoms with van der Waals surface area (Å²) in [4.78, 5) is 47.3. The number of hydrogen-bond donors (Lipinski definition) is 0. The van der Waals surface area contributed by atoms with Crippen LogP contribution in [0.5, 0.6) is 0 Å². The second-order valence-corrected chi connectivity index (χ2v) is 6.84. The Morgan fingerprint density at radius 3 is 1.90 bits per heavy atom. The zero-order valence-corrected chi connectivity index (χ0v) is 17.6. The summed E-state index contributed by atoms with van der Waals surface area (Å²) in [5.41, 5.74) is 0.272. The largest absolute Gasteiger partial charge is 0.454 e. The highest BCUT2D eigenvalue weighted by molar-refractivity contribution is 9.09. The first kappa shape index (κ1) is 22.8. The number of halogens is 1. The summed E-state index contributed by atoms with van der Waals surface area (Å²) in [6.45, 7) is 3.44. The van der Waals surface area contributed by atoms with E-state index in [2.05, 4.69) is 15.9 Å². The Labute approximate surface area is 175 Å². The van der Waals surface area contributed by atoms with E-state index in [1.165, 1.54) is 0 Å². The van der Waals surface area contributed by atoms with Crippen molar-refractivity contribution in [3.05, 3.63) is 35.9 Å². The zero-order chi connectivity index (χ0) is 21.6. The van der Waals surface area contributed by atoms with Gasteiger partial charge in [0.05, 0.1) is 5.56 Å². The van der Waals surface area contributed by atoms with Gasteiger partial charge < -0.3 is 23.7 Å². The van der Waals surface area contributed by atoms with Crippen molar-refractivity contribution in [3.63, 3.8) is 0 Å². The number of benzene rings is 1. The van der Waals surface area contributed by atoms with E-state index in [0.29, 0.717) is 0 Å². The van der Waals surface area contributed by atoms with Crippen molar-refractivity contribution in [1.82, 2.24) is 0 Å². The predicted octanol–water partition coefficient (Wildman–Crippen LogP) is 1.76. The summed E-state index contributed by atoms with van der Waals surface area (Å²) in [6.07, 6.45) is -5.94. The molecule has 5 atom stereocenters. The van der Waals surface area contributed by atoms with Gasteiger partial charge in [0.15, 0.2) is 12.2 Å². The molecule has 0 bridgehead atoms. The summed E-state index contributed by atoms with van der Waals surface area (Å²) in [5, 5.41) is 0.155. The van der Waals surface area contributed by atoms with E-state index in [4.69, 9.17) is 23.7 Å². The number of rotatable bonds is 6. The fraction of sp³-hybridized carbons (Fsp3) is 0.474. The van der Waals surface area contributed by atoms with Crippen LogP contribution in [0.3, 0.4) is 0 Å². The van der Waals surface area contributed by atoms with Gasteiger partial charge in [-0.2, -0.15) is 0 Å². The van der Waals surface area contributed by atoms with Crippen molar-refractivity contribution in [2.24, 2.45) is 0 Å². The lowest BCUT2D eigenvalue weighted by molar-refractivity contribution is -0.288. The van der Waals surface area contributed by atoms with E-state index in [1.807, 2.05) is 0 Å². The monoisotopic (exact) mass is 472 g/mol. The van der Waals surface area contributed by atoms with Gasteiger partial charge >= 0.3 is 23.9 Å². The molecule has 0 saturated carbocycles. The molecule has 0 aromatic heterocycles. The average molecular weight is 473 g/mol. The maximum Gasteiger partial charge on any atom is 0.338 e. The Morgan fingerprint density at radius 1 is 0.828 bits per heavy atom. The minimum absolute atomic E-state index is 0.155. The molecule has 0 N–H and O–H groups in total. The highest BCUT2D eigenvalue weighted by atomic mass is 79.9. The van der Waals surface area contributed by atoms with Gasteiger partial charge in [0.1, 0.15) is 6.10 Å². The van der Waals surface area contributed by atoms with Crippen molar-refractivity contribution < 1.29 is 42.9 Å². The molecule has 1 aliphatic rings. The van der Waals surface area contributed by atoms with E-state index in [0.717, 1.165) is 20.8 Å². The predicted molar refractivity (Wildman–Crippen MR) is 101 cm³/mol. The fourth-order valence-corrected chi connectivity index (χ4v) is 3.33. The topological polar surface area (TPSA) is 114 Å². The van der Waals surface area contributed by atoms with Gasteiger partial charge in [0.25, 0.3) is 0 Å². The second-order valence-electron chi connectivity index (χ2n) is 6.19. The molecule has 0 spiro atoms. The van der Waals surface area contributed by atoms with E-state index in [-0.39, 0.29) is 10.9 Å². The van der Waals surface area contributed by atoms with Crippen molar-refractivity contribution in [1.29, 1.82) is 0 Å². The first-order chi connectivity index (χ1) is 13.7. The van der Waals surface area contributed by atoms with E-state index in [1.54, 1.807) is 30.3 Å². The van der Waals surface area contributed by atoms with E-state index >= 15 is 0 Å². The van der Waals surface area contributed by atoms with Crippen LogP contribution < -0.4 is 0 Å². The summed E-state index contributed by atoms with van der Waals surface area (Å²) in [6, 6.07) is 8.18. The fourth-order valence-electron chi connectivity index (χ4n) is 2.81. The second kappa shape index (κ2) is 10.4. The lowest BCUT2D eigenvalue weighted by Crippen LogP contribution is -2.62. The van der Waals surface area contributed by atoms with Crippen LogP contribution in [0.1, 0.15) is 31.1 Å². The standard InChI is InChI=1S/C19H21BrO9/c1-10(21)25-16-15(29-18(24)13-7-5-4-6-8-13)14(9-20)28-19(27-12(3)23)17(16)26-11(2)22/h4-8,14-17,19H,9H2,1-3H3/t14-,15+,16+,17-,19+/m1/s1. The van der Waals surface area contributed by atoms with Crippen LogP contribution in [-0.2, 0) is 38.1 Å². The normalized spacial score (nSPS) is 26.1. The van der Waals surface area contributed by atoms with Crippen LogP contribution in [0, 0.1) is 0 Å². The number of carbonyl (C=O) groups excluding carboxylic acids is 4. The van der Waals surface area contributed by atoms with Crippen LogP contribution in [0.15, 0.2) is 30.3 Å². The lowest BCUT2D eigenvalue weighted by atomic mass is 9.98. The molecule has 2 rings (SSSR count). The maximum atomic E-state index is 12.6. The number of carbonyl (C=O) groups is 4. The Bertz CT molecular complexity index is 751. The molecular formula is C19H21BrO9. The Hall–Kier alpha value is -2.46. The molecule has 1 saturated heterocycles. The SMILES string of the molecule is CC(=O)O[C@H]1O[C@H](CBr)[C@H](OC(=O)c2ccccc2)[C@H](OC(C)=O)[C@H]1OC(C)=O. The number of ether oxygens (including phenoxy) is 5. The molecule has 0 amide bonds. The van der Waals surface area contributed by atoms with E-state index < -0.39 is 54.6 Å². The van der Waals surface area contributed by atoms with Crippen molar-refractivity contribution >= 4 is 39.8 Å².